The van der Waals surface area contributed by atoms with Gasteiger partial charge < -0.3 is 24.8 Å². The predicted octanol–water partition coefficient (Wildman–Crippen LogP) is 1.66. The molecule has 0 saturated carbocycles. The number of ether oxygens (including phenoxy) is 2. The first-order valence-electron chi connectivity index (χ1n) is 6.61. The van der Waals surface area contributed by atoms with Crippen LogP contribution in [0.4, 0.5) is 0 Å². The Morgan fingerprint density at radius 3 is 2.79 bits per heavy atom. The third-order valence-electron chi connectivity index (χ3n) is 3.10. The summed E-state index contributed by atoms with van der Waals surface area (Å²) in [6.45, 7) is 7.00. The molecule has 1 aliphatic heterocycles. The van der Waals surface area contributed by atoms with Crippen molar-refractivity contribution in [2.45, 2.75) is 63.8 Å². The van der Waals surface area contributed by atoms with E-state index in [1.54, 1.807) is 6.92 Å². The second kappa shape index (κ2) is 7.65. The largest absolute Gasteiger partial charge is 0.509 e. The van der Waals surface area contributed by atoms with Crippen LogP contribution in [-0.4, -0.2) is 46.0 Å². The predicted molar refractivity (Wildman–Crippen MR) is 71.7 cm³/mol. The summed E-state index contributed by atoms with van der Waals surface area (Å²) in [4.78, 5) is 0. The highest BCUT2D eigenvalue weighted by Crippen LogP contribution is 2.22. The lowest BCUT2D eigenvalue weighted by Gasteiger charge is -2.36. The Morgan fingerprint density at radius 1 is 1.47 bits per heavy atom. The second-order valence-corrected chi connectivity index (χ2v) is 5.00. The van der Waals surface area contributed by atoms with E-state index in [0.717, 1.165) is 12.8 Å². The molecule has 0 amide bonds. The van der Waals surface area contributed by atoms with E-state index in [-0.39, 0.29) is 24.4 Å². The van der Waals surface area contributed by atoms with Gasteiger partial charge >= 0.3 is 0 Å². The van der Waals surface area contributed by atoms with Gasteiger partial charge in [-0.05, 0) is 32.8 Å². The fourth-order valence-electron chi connectivity index (χ4n) is 1.91. The molecule has 0 aromatic rings. The Hall–Kier alpha value is -0.880. The van der Waals surface area contributed by atoms with Crippen LogP contribution in [0.5, 0.6) is 0 Å². The van der Waals surface area contributed by atoms with Crippen LogP contribution in [0.1, 0.15) is 33.1 Å². The minimum Gasteiger partial charge on any atom is -0.509 e. The minimum absolute atomic E-state index is 0.0300. The molecule has 5 heteroatoms. The van der Waals surface area contributed by atoms with Gasteiger partial charge in [-0.1, -0.05) is 12.7 Å². The van der Waals surface area contributed by atoms with Crippen LogP contribution in [0.15, 0.2) is 24.5 Å². The first kappa shape index (κ1) is 16.2. The number of allylic oxidation sites excluding steroid dienone is 2. The van der Waals surface area contributed by atoms with E-state index in [1.165, 1.54) is 6.08 Å². The average Bonchev–Trinajstić information content (AvgIpc) is 2.31. The molecule has 5 atom stereocenters. The van der Waals surface area contributed by atoms with Crippen molar-refractivity contribution in [3.8, 4) is 0 Å². The molecule has 0 unspecified atom stereocenters. The van der Waals surface area contributed by atoms with Crippen molar-refractivity contribution in [1.82, 2.24) is 0 Å². The molecule has 5 nitrogen and oxygen atoms in total. The fourth-order valence-corrected chi connectivity index (χ4v) is 1.91. The minimum atomic E-state index is -0.804. The van der Waals surface area contributed by atoms with Crippen LogP contribution < -0.4 is 0 Å². The maximum atomic E-state index is 9.78. The van der Waals surface area contributed by atoms with E-state index in [9.17, 15) is 10.2 Å². The van der Waals surface area contributed by atoms with E-state index in [4.69, 9.17) is 14.6 Å². The summed E-state index contributed by atoms with van der Waals surface area (Å²) >= 11 is 0. The van der Waals surface area contributed by atoms with Crippen molar-refractivity contribution in [2.75, 3.05) is 0 Å². The Kier molecular flexibility index (Phi) is 6.51. The van der Waals surface area contributed by atoms with Gasteiger partial charge in [0.2, 0.25) is 0 Å². The van der Waals surface area contributed by atoms with E-state index >= 15 is 0 Å². The van der Waals surface area contributed by atoms with Gasteiger partial charge in [-0.15, -0.1) is 0 Å². The summed E-state index contributed by atoms with van der Waals surface area (Å²) in [5.41, 5.74) is 0. The topological polar surface area (TPSA) is 79.2 Å². The molecule has 1 rings (SSSR count). The van der Waals surface area contributed by atoms with Gasteiger partial charge in [-0.2, -0.15) is 0 Å². The van der Waals surface area contributed by atoms with Crippen molar-refractivity contribution in [1.29, 1.82) is 0 Å². The summed E-state index contributed by atoms with van der Waals surface area (Å²) in [6, 6.07) is 0. The van der Waals surface area contributed by atoms with Gasteiger partial charge in [0, 0.05) is 6.42 Å². The number of hydrogen-bond donors (Lipinski definition) is 3. The Morgan fingerprint density at radius 2 is 2.16 bits per heavy atom. The quantitative estimate of drug-likeness (QED) is 0.506. The van der Waals surface area contributed by atoms with Crippen LogP contribution in [0.3, 0.4) is 0 Å². The fraction of sp³-hybridized carbons (Fsp3) is 0.714. The van der Waals surface area contributed by atoms with E-state index in [1.807, 2.05) is 13.0 Å². The molecule has 1 aliphatic rings. The summed E-state index contributed by atoms with van der Waals surface area (Å²) in [5.74, 6) is 0.0300. The third kappa shape index (κ3) is 5.74. The van der Waals surface area contributed by atoms with Crippen molar-refractivity contribution in [3.05, 3.63) is 24.5 Å². The van der Waals surface area contributed by atoms with Gasteiger partial charge in [0.25, 0.3) is 0 Å². The summed E-state index contributed by atoms with van der Waals surface area (Å²) in [7, 11) is 0. The zero-order valence-electron chi connectivity index (χ0n) is 11.5. The van der Waals surface area contributed by atoms with Gasteiger partial charge in [-0.3, -0.25) is 0 Å². The molecule has 0 aromatic heterocycles. The standard InChI is InChI=1S/C14H24O5/c1-9(15)6-4-5-7-10(2)18-14-13(17)8-12(16)11(3)19-14/h4,6,10-17H,1,5,7-8H2,2-3H3/b6-4+/t10-,11+,12-,13-,14-/m1/s1. The first-order valence-corrected chi connectivity index (χ1v) is 6.61. The molecule has 1 heterocycles. The number of aliphatic hydroxyl groups excluding tert-OH is 3. The zero-order valence-corrected chi connectivity index (χ0v) is 11.5. The smallest absolute Gasteiger partial charge is 0.184 e. The monoisotopic (exact) mass is 272 g/mol. The molecular weight excluding hydrogens is 248 g/mol. The van der Waals surface area contributed by atoms with Gasteiger partial charge in [-0.25, -0.2) is 0 Å². The van der Waals surface area contributed by atoms with Gasteiger partial charge in [0.05, 0.1) is 18.3 Å². The van der Waals surface area contributed by atoms with Crippen molar-refractivity contribution < 1.29 is 24.8 Å². The SMILES string of the molecule is C=C(O)/C=C/CC[C@@H](C)O[C@@H]1O[C@@H](C)[C@H](O)C[C@H]1O. The average molecular weight is 272 g/mol. The normalized spacial score (nSPS) is 33.5. The van der Waals surface area contributed by atoms with Gasteiger partial charge in [0.15, 0.2) is 6.29 Å². The molecule has 0 aromatic carbocycles. The highest BCUT2D eigenvalue weighted by molar-refractivity contribution is 5.04. The van der Waals surface area contributed by atoms with Crippen LogP contribution in [0, 0.1) is 0 Å². The van der Waals surface area contributed by atoms with Crippen molar-refractivity contribution in [3.63, 3.8) is 0 Å². The van der Waals surface area contributed by atoms with Crippen LogP contribution in [0.25, 0.3) is 0 Å². The lowest BCUT2D eigenvalue weighted by atomic mass is 10.0. The summed E-state index contributed by atoms with van der Waals surface area (Å²) in [6.07, 6.45) is 2.54. The molecule has 19 heavy (non-hydrogen) atoms. The Bertz CT molecular complexity index is 315. The highest BCUT2D eigenvalue weighted by atomic mass is 16.7. The zero-order chi connectivity index (χ0) is 14.4. The molecule has 1 fully saturated rings. The highest BCUT2D eigenvalue weighted by Gasteiger charge is 2.35. The molecule has 0 radical (unpaired) electrons. The van der Waals surface area contributed by atoms with Crippen molar-refractivity contribution >= 4 is 0 Å². The lowest BCUT2D eigenvalue weighted by Crippen LogP contribution is -2.48. The Balaban J connectivity index is 2.31. The molecule has 0 spiro atoms. The third-order valence-corrected chi connectivity index (χ3v) is 3.10. The molecule has 0 bridgehead atoms. The summed E-state index contributed by atoms with van der Waals surface area (Å²) < 4.78 is 11.1. The number of rotatable bonds is 6. The number of aliphatic hydroxyl groups is 3. The van der Waals surface area contributed by atoms with Crippen LogP contribution >= 0.6 is 0 Å². The van der Waals surface area contributed by atoms with E-state index in [0.29, 0.717) is 0 Å². The Labute approximate surface area is 114 Å². The van der Waals surface area contributed by atoms with E-state index < -0.39 is 18.5 Å². The maximum Gasteiger partial charge on any atom is 0.184 e. The molecule has 3 N–H and O–H groups in total. The molecule has 0 aliphatic carbocycles. The maximum absolute atomic E-state index is 9.78. The molecule has 1 saturated heterocycles. The number of hydrogen-bond acceptors (Lipinski definition) is 5. The second-order valence-electron chi connectivity index (χ2n) is 5.00. The van der Waals surface area contributed by atoms with Crippen molar-refractivity contribution in [2.24, 2.45) is 0 Å². The first-order chi connectivity index (χ1) is 8.90. The molecule has 110 valence electrons. The molecular formula is C14H24O5. The van der Waals surface area contributed by atoms with Crippen LogP contribution in [0.2, 0.25) is 0 Å². The summed E-state index contributed by atoms with van der Waals surface area (Å²) in [5, 5.41) is 28.2. The van der Waals surface area contributed by atoms with Crippen LogP contribution in [-0.2, 0) is 9.47 Å². The van der Waals surface area contributed by atoms with E-state index in [2.05, 4.69) is 6.58 Å². The van der Waals surface area contributed by atoms with Gasteiger partial charge in [0.1, 0.15) is 11.9 Å². The lowest BCUT2D eigenvalue weighted by molar-refractivity contribution is -0.273.